The van der Waals surface area contributed by atoms with Crippen LogP contribution in [0.5, 0.6) is 0 Å². The van der Waals surface area contributed by atoms with Crippen LogP contribution in [0.4, 0.5) is 24.8 Å². The molecule has 2 aliphatic rings. The largest absolute Gasteiger partial charge is 0.480 e. The summed E-state index contributed by atoms with van der Waals surface area (Å²) in [6, 6.07) is 5.98. The fourth-order valence-corrected chi connectivity index (χ4v) is 5.52. The molecule has 0 saturated carbocycles. The molecular weight excluding hydrogens is 587 g/mol. The number of carbonyl (C=O) groups is 2. The van der Waals surface area contributed by atoms with Crippen LogP contribution < -0.4 is 16.0 Å². The molecule has 5 rings (SSSR count). The summed E-state index contributed by atoms with van der Waals surface area (Å²) in [6.45, 7) is 3.07. The zero-order chi connectivity index (χ0) is 29.7. The summed E-state index contributed by atoms with van der Waals surface area (Å²) in [7, 11) is 0. The number of carbonyl (C=O) groups excluding carboxylic acids is 1. The van der Waals surface area contributed by atoms with Gasteiger partial charge in [0.15, 0.2) is 0 Å². The van der Waals surface area contributed by atoms with Crippen molar-refractivity contribution in [3.8, 4) is 0 Å². The molecule has 1 amide bonds. The third-order valence-corrected chi connectivity index (χ3v) is 7.79. The Morgan fingerprint density at radius 1 is 1.16 bits per heavy atom. The third-order valence-electron chi connectivity index (χ3n) is 7.79. The van der Waals surface area contributed by atoms with Crippen LogP contribution in [0.15, 0.2) is 36.7 Å². The van der Waals surface area contributed by atoms with E-state index in [1.54, 1.807) is 0 Å². The second-order valence-corrected chi connectivity index (χ2v) is 10.8. The highest BCUT2D eigenvalue weighted by molar-refractivity contribution is 5.91. The Balaban J connectivity index is 0.00000423. The molecule has 4 N–H and O–H groups in total. The summed E-state index contributed by atoms with van der Waals surface area (Å²) < 4.78 is 39.3. The van der Waals surface area contributed by atoms with Gasteiger partial charge in [-0.15, -0.1) is 12.4 Å². The van der Waals surface area contributed by atoms with Gasteiger partial charge >= 0.3 is 12.1 Å². The van der Waals surface area contributed by atoms with Crippen molar-refractivity contribution >= 4 is 46.8 Å². The van der Waals surface area contributed by atoms with Crippen molar-refractivity contribution in [2.75, 3.05) is 43.4 Å². The van der Waals surface area contributed by atoms with E-state index in [1.807, 2.05) is 0 Å². The molecule has 2 atom stereocenters. The molecule has 10 nitrogen and oxygen atoms in total. The predicted octanol–water partition coefficient (Wildman–Crippen LogP) is 4.15. The first-order valence-corrected chi connectivity index (χ1v) is 14.2. The number of pyridine rings is 1. The van der Waals surface area contributed by atoms with E-state index in [9.17, 15) is 27.9 Å². The molecule has 0 bridgehead atoms. The maximum atomic E-state index is 13.1. The van der Waals surface area contributed by atoms with Gasteiger partial charge in [0.1, 0.15) is 24.0 Å². The van der Waals surface area contributed by atoms with Gasteiger partial charge in [0.2, 0.25) is 5.91 Å². The van der Waals surface area contributed by atoms with Crippen LogP contribution in [-0.2, 0) is 28.6 Å². The summed E-state index contributed by atoms with van der Waals surface area (Å²) in [5, 5.41) is 18.9. The number of rotatable bonds is 10. The molecule has 0 unspecified atom stereocenters. The van der Waals surface area contributed by atoms with E-state index in [1.165, 1.54) is 11.6 Å². The zero-order valence-electron chi connectivity index (χ0n) is 23.5. The normalized spacial score (nSPS) is 17.7. The average Bonchev–Trinajstić information content (AvgIpc) is 2.98. The molecule has 0 spiro atoms. The van der Waals surface area contributed by atoms with Crippen molar-refractivity contribution in [3.63, 3.8) is 0 Å². The maximum absolute atomic E-state index is 13.1. The Bertz CT molecular complexity index is 1440. The Hall–Kier alpha value is -3.71. The van der Waals surface area contributed by atoms with Crippen LogP contribution in [0, 0.1) is 5.92 Å². The van der Waals surface area contributed by atoms with E-state index in [2.05, 4.69) is 43.0 Å². The zero-order valence-corrected chi connectivity index (χ0v) is 24.3. The minimum atomic E-state index is -4.54. The number of hydrogen-bond donors (Lipinski definition) is 4. The number of halogens is 4. The van der Waals surface area contributed by atoms with Crippen LogP contribution in [0.2, 0.25) is 0 Å². The fourth-order valence-electron chi connectivity index (χ4n) is 5.52. The lowest BCUT2D eigenvalue weighted by Crippen LogP contribution is -2.47. The van der Waals surface area contributed by atoms with Crippen LogP contribution in [0.25, 0.3) is 10.9 Å². The van der Waals surface area contributed by atoms with E-state index in [0.717, 1.165) is 81.7 Å². The van der Waals surface area contributed by atoms with Gasteiger partial charge in [-0.1, -0.05) is 6.07 Å². The Morgan fingerprint density at radius 2 is 2.00 bits per heavy atom. The minimum absolute atomic E-state index is 0. The molecule has 1 aromatic carbocycles. The van der Waals surface area contributed by atoms with Gasteiger partial charge in [-0.25, -0.2) is 19.7 Å². The number of likely N-dealkylation sites (tertiary alicyclic amines) is 1. The fraction of sp³-hybridized carbons (Fsp3) is 0.483. The molecule has 2 aliphatic heterocycles. The molecule has 3 aromatic rings. The van der Waals surface area contributed by atoms with E-state index in [-0.39, 0.29) is 47.5 Å². The maximum Gasteiger partial charge on any atom is 0.416 e. The van der Waals surface area contributed by atoms with Crippen molar-refractivity contribution in [2.24, 2.45) is 5.92 Å². The number of carboxylic acids is 1. The summed E-state index contributed by atoms with van der Waals surface area (Å²) in [5.74, 6) is -0.655. The first-order chi connectivity index (χ1) is 20.2. The monoisotopic (exact) mass is 621 g/mol. The van der Waals surface area contributed by atoms with Crippen molar-refractivity contribution in [3.05, 3.63) is 53.5 Å². The minimum Gasteiger partial charge on any atom is -0.480 e. The van der Waals surface area contributed by atoms with Crippen molar-refractivity contribution in [1.82, 2.24) is 25.2 Å². The van der Waals surface area contributed by atoms with E-state index in [0.29, 0.717) is 13.0 Å². The number of hydrogen-bond acceptors (Lipinski definition) is 8. The Labute approximate surface area is 253 Å². The van der Waals surface area contributed by atoms with Gasteiger partial charge in [0, 0.05) is 30.7 Å². The molecule has 232 valence electrons. The van der Waals surface area contributed by atoms with Crippen molar-refractivity contribution in [1.29, 1.82) is 0 Å². The summed E-state index contributed by atoms with van der Waals surface area (Å²) >= 11 is 0. The molecule has 1 saturated heterocycles. The van der Waals surface area contributed by atoms with E-state index >= 15 is 0 Å². The highest BCUT2D eigenvalue weighted by Gasteiger charge is 2.31. The van der Waals surface area contributed by atoms with Gasteiger partial charge < -0.3 is 26.0 Å². The van der Waals surface area contributed by atoms with Crippen LogP contribution in [-0.4, -0.2) is 75.6 Å². The molecule has 4 heterocycles. The first-order valence-electron chi connectivity index (χ1n) is 14.2. The lowest BCUT2D eigenvalue weighted by Gasteiger charge is -2.32. The second kappa shape index (κ2) is 14.2. The van der Waals surface area contributed by atoms with Crippen molar-refractivity contribution in [2.45, 2.75) is 50.7 Å². The third kappa shape index (κ3) is 8.23. The molecule has 14 heteroatoms. The number of benzene rings is 1. The molecular formula is C29H35ClF3N7O3. The number of piperidine rings is 1. The number of fused-ring (bicyclic) bond motifs is 2. The van der Waals surface area contributed by atoms with Crippen LogP contribution in [0.1, 0.15) is 42.5 Å². The number of amides is 1. The van der Waals surface area contributed by atoms with Crippen LogP contribution >= 0.6 is 12.4 Å². The number of aliphatic carboxylic acids is 1. The standard InChI is InChI=1S/C29H34F3N7O3.ClH/c30-29(31,32)20-8-10-22-23(14-20)35-17-36-26(22)38-24(28(41)42)15-34-27(40)19-5-2-12-39(16-19)13-3-6-21-9-7-18-4-1-11-33-25(18)37-21;/h7-10,14,17,19,24H,1-6,11-13,15-16H2,(H,33,37)(H,34,40)(H,41,42)(H,35,36,38);1H/t19-,24+;/m1./s1. The van der Waals surface area contributed by atoms with Gasteiger partial charge in [0.25, 0.3) is 0 Å². The smallest absolute Gasteiger partial charge is 0.416 e. The molecule has 2 aromatic heterocycles. The van der Waals surface area contributed by atoms with Gasteiger partial charge in [-0.05, 0) is 81.4 Å². The number of alkyl halides is 3. The lowest BCUT2D eigenvalue weighted by molar-refractivity contribution is -0.138. The Morgan fingerprint density at radius 3 is 2.79 bits per heavy atom. The number of anilines is 2. The first kappa shape index (κ1) is 32.2. The van der Waals surface area contributed by atoms with Crippen LogP contribution in [0.3, 0.4) is 0 Å². The topological polar surface area (TPSA) is 132 Å². The summed E-state index contributed by atoms with van der Waals surface area (Å²) in [4.78, 5) is 39.9. The number of nitrogens with one attached hydrogen (secondary N) is 3. The number of carboxylic acid groups (broad SMARTS) is 1. The van der Waals surface area contributed by atoms with Gasteiger partial charge in [0.05, 0.1) is 17.0 Å². The quantitative estimate of drug-likeness (QED) is 0.264. The Kier molecular flexibility index (Phi) is 10.6. The summed E-state index contributed by atoms with van der Waals surface area (Å²) in [5.41, 5.74) is 1.48. The van der Waals surface area contributed by atoms with Gasteiger partial charge in [-0.2, -0.15) is 13.2 Å². The molecule has 0 aliphatic carbocycles. The van der Waals surface area contributed by atoms with Gasteiger partial charge in [-0.3, -0.25) is 4.79 Å². The van der Waals surface area contributed by atoms with Crippen molar-refractivity contribution < 1.29 is 27.9 Å². The number of aromatic nitrogens is 3. The molecule has 43 heavy (non-hydrogen) atoms. The highest BCUT2D eigenvalue weighted by atomic mass is 35.5. The van der Waals surface area contributed by atoms with E-state index < -0.39 is 23.8 Å². The number of aryl methyl sites for hydroxylation is 2. The molecule has 0 radical (unpaired) electrons. The van der Waals surface area contributed by atoms with E-state index in [4.69, 9.17) is 4.98 Å². The second-order valence-electron chi connectivity index (χ2n) is 10.8. The predicted molar refractivity (Wildman–Crippen MR) is 158 cm³/mol. The molecule has 1 fully saturated rings. The SMILES string of the molecule is Cl.O=C(NC[C@H](Nc1ncnc2cc(C(F)(F)F)ccc12)C(=O)O)[C@@H]1CCCN(CCCc2ccc3c(n2)NCCC3)C1. The average molecular weight is 622 g/mol. The summed E-state index contributed by atoms with van der Waals surface area (Å²) in [6.07, 6.45) is 2.06. The number of nitrogens with zero attached hydrogens (tertiary/aromatic N) is 4. The highest BCUT2D eigenvalue weighted by Crippen LogP contribution is 2.32. The lowest BCUT2D eigenvalue weighted by atomic mass is 9.96.